The van der Waals surface area contributed by atoms with E-state index in [1.54, 1.807) is 29.4 Å². The first-order chi connectivity index (χ1) is 17.0. The van der Waals surface area contributed by atoms with Gasteiger partial charge >= 0.3 is 0 Å². The number of likely N-dealkylation sites (N-methyl/N-ethyl adjacent to an activating group) is 1. The van der Waals surface area contributed by atoms with Crippen molar-refractivity contribution in [3.05, 3.63) is 60.4 Å². The van der Waals surface area contributed by atoms with Crippen LogP contribution in [0.1, 0.15) is 44.6 Å². The van der Waals surface area contributed by atoms with E-state index in [-0.39, 0.29) is 43.2 Å². The third-order valence-electron chi connectivity index (χ3n) is 6.80. The molecular formula is C27H33N3O5. The normalized spacial score (nSPS) is 22.0. The van der Waals surface area contributed by atoms with Crippen LogP contribution in [0.25, 0.3) is 0 Å². The summed E-state index contributed by atoms with van der Waals surface area (Å²) in [5.74, 6) is -0.0525. The second kappa shape index (κ2) is 11.4. The Balaban J connectivity index is 1.47. The lowest BCUT2D eigenvalue weighted by molar-refractivity contribution is -0.143. The molecule has 3 heterocycles. The van der Waals surface area contributed by atoms with Crippen LogP contribution in [0.15, 0.2) is 54.9 Å². The van der Waals surface area contributed by atoms with Crippen molar-refractivity contribution in [3.8, 4) is 5.75 Å². The number of nitrogens with zero attached hydrogens (tertiary/aromatic N) is 3. The summed E-state index contributed by atoms with van der Waals surface area (Å²) in [6, 6.07) is 12.8. The van der Waals surface area contributed by atoms with Gasteiger partial charge in [0.1, 0.15) is 5.75 Å². The lowest BCUT2D eigenvalue weighted by Gasteiger charge is -2.31. The monoisotopic (exact) mass is 479 g/mol. The Morgan fingerprint density at radius 1 is 1.23 bits per heavy atom. The van der Waals surface area contributed by atoms with Crippen molar-refractivity contribution < 1.29 is 23.9 Å². The summed E-state index contributed by atoms with van der Waals surface area (Å²) in [6.07, 6.45) is 5.69. The number of imide groups is 1. The fourth-order valence-electron chi connectivity index (χ4n) is 4.91. The third-order valence-corrected chi connectivity index (χ3v) is 6.80. The van der Waals surface area contributed by atoms with Gasteiger partial charge in [0.15, 0.2) is 0 Å². The van der Waals surface area contributed by atoms with Crippen LogP contribution >= 0.6 is 0 Å². The molecule has 8 nitrogen and oxygen atoms in total. The maximum atomic E-state index is 13.8. The fourth-order valence-corrected chi connectivity index (χ4v) is 4.91. The molecule has 0 saturated carbocycles. The molecule has 8 heteroatoms. The summed E-state index contributed by atoms with van der Waals surface area (Å²) in [7, 11) is 0. The smallest absolute Gasteiger partial charge is 0.240 e. The number of carbonyl (C=O) groups is 3. The molecule has 1 aromatic heterocycles. The van der Waals surface area contributed by atoms with Gasteiger partial charge in [-0.15, -0.1) is 0 Å². The average molecular weight is 480 g/mol. The molecule has 4 rings (SSSR count). The Morgan fingerprint density at radius 2 is 2.06 bits per heavy atom. The number of amides is 3. The van der Waals surface area contributed by atoms with Gasteiger partial charge in [-0.3, -0.25) is 24.3 Å². The number of benzene rings is 1. The standard InChI is InChI=1S/C27H33N3O5/c1-2-29(20-23-12-7-15-35-23)24(31)17-27(21-9-4-3-5-10-21)18-25(32)30(26(27)33)14-8-16-34-22-11-6-13-28-19-22/h3-6,9-11,13,19,23H,2,7-8,12,14-18,20H2,1H3/t23-,27+/m0/s1. The van der Waals surface area contributed by atoms with E-state index in [4.69, 9.17) is 9.47 Å². The van der Waals surface area contributed by atoms with Crippen LogP contribution in [0.2, 0.25) is 0 Å². The first-order valence-corrected chi connectivity index (χ1v) is 12.4. The molecule has 186 valence electrons. The van der Waals surface area contributed by atoms with E-state index in [9.17, 15) is 14.4 Å². The fraction of sp³-hybridized carbons (Fsp3) is 0.481. The molecule has 2 saturated heterocycles. The third kappa shape index (κ3) is 5.70. The summed E-state index contributed by atoms with van der Waals surface area (Å²) < 4.78 is 11.4. The predicted molar refractivity (Wildman–Crippen MR) is 130 cm³/mol. The summed E-state index contributed by atoms with van der Waals surface area (Å²) in [5.41, 5.74) is -0.488. The van der Waals surface area contributed by atoms with E-state index in [0.29, 0.717) is 37.4 Å². The second-order valence-electron chi connectivity index (χ2n) is 9.11. The van der Waals surface area contributed by atoms with E-state index in [1.165, 1.54) is 4.90 Å². The summed E-state index contributed by atoms with van der Waals surface area (Å²) in [5, 5.41) is 0. The zero-order valence-corrected chi connectivity index (χ0v) is 20.2. The van der Waals surface area contributed by atoms with E-state index in [0.717, 1.165) is 19.4 Å². The van der Waals surface area contributed by atoms with E-state index < -0.39 is 5.41 Å². The average Bonchev–Trinajstić information content (AvgIpc) is 3.48. The van der Waals surface area contributed by atoms with Gasteiger partial charge in [0.25, 0.3) is 0 Å². The van der Waals surface area contributed by atoms with Crippen molar-refractivity contribution in [2.24, 2.45) is 0 Å². The minimum atomic E-state index is -1.19. The van der Waals surface area contributed by atoms with Crippen LogP contribution < -0.4 is 4.74 Å². The van der Waals surface area contributed by atoms with Crippen LogP contribution in [-0.2, 0) is 24.5 Å². The number of likely N-dealkylation sites (tertiary alicyclic amines) is 1. The van der Waals surface area contributed by atoms with Crippen LogP contribution in [0.3, 0.4) is 0 Å². The van der Waals surface area contributed by atoms with Gasteiger partial charge in [-0.1, -0.05) is 30.3 Å². The molecule has 3 amide bonds. The number of rotatable bonds is 11. The number of aromatic nitrogens is 1. The molecule has 0 spiro atoms. The van der Waals surface area contributed by atoms with Crippen molar-refractivity contribution in [3.63, 3.8) is 0 Å². The highest BCUT2D eigenvalue weighted by molar-refractivity contribution is 6.10. The Hall–Kier alpha value is -3.26. The largest absolute Gasteiger partial charge is 0.492 e. The van der Waals surface area contributed by atoms with E-state index >= 15 is 0 Å². The van der Waals surface area contributed by atoms with Gasteiger partial charge in [-0.25, -0.2) is 0 Å². The summed E-state index contributed by atoms with van der Waals surface area (Å²) in [6.45, 7) is 4.28. The molecule has 0 aliphatic carbocycles. The first kappa shape index (κ1) is 24.9. The number of ether oxygens (including phenoxy) is 2. The van der Waals surface area contributed by atoms with Gasteiger partial charge in [0.2, 0.25) is 17.7 Å². The zero-order valence-electron chi connectivity index (χ0n) is 20.2. The molecule has 35 heavy (non-hydrogen) atoms. The van der Waals surface area contributed by atoms with Crippen molar-refractivity contribution in [1.82, 2.24) is 14.8 Å². The van der Waals surface area contributed by atoms with Crippen molar-refractivity contribution in [2.75, 3.05) is 32.8 Å². The Bertz CT molecular complexity index is 1010. The SMILES string of the molecule is CCN(C[C@@H]1CCCO1)C(=O)C[C@]1(c2ccccc2)CC(=O)N(CCCOc2cccnc2)C1=O. The molecule has 2 aliphatic heterocycles. The lowest BCUT2D eigenvalue weighted by Crippen LogP contribution is -2.45. The number of carbonyl (C=O) groups excluding carboxylic acids is 3. The van der Waals surface area contributed by atoms with Gasteiger partial charge < -0.3 is 14.4 Å². The van der Waals surface area contributed by atoms with E-state index in [2.05, 4.69) is 4.98 Å². The number of pyridine rings is 1. The Kier molecular flexibility index (Phi) is 8.13. The van der Waals surface area contributed by atoms with Crippen LogP contribution in [0.4, 0.5) is 0 Å². The van der Waals surface area contributed by atoms with Crippen LogP contribution in [0.5, 0.6) is 5.75 Å². The van der Waals surface area contributed by atoms with Crippen LogP contribution in [0, 0.1) is 0 Å². The number of hydrogen-bond acceptors (Lipinski definition) is 6. The Morgan fingerprint density at radius 3 is 2.74 bits per heavy atom. The van der Waals surface area contributed by atoms with E-state index in [1.807, 2.05) is 37.3 Å². The molecule has 2 atom stereocenters. The van der Waals surface area contributed by atoms with Gasteiger partial charge in [-0.05, 0) is 43.9 Å². The molecular weight excluding hydrogens is 446 g/mol. The van der Waals surface area contributed by atoms with Gasteiger partial charge in [-0.2, -0.15) is 0 Å². The summed E-state index contributed by atoms with van der Waals surface area (Å²) >= 11 is 0. The predicted octanol–water partition coefficient (Wildman–Crippen LogP) is 2.97. The minimum absolute atomic E-state index is 0.0114. The minimum Gasteiger partial charge on any atom is -0.492 e. The molecule has 0 unspecified atom stereocenters. The van der Waals surface area contributed by atoms with Crippen molar-refractivity contribution in [2.45, 2.75) is 50.5 Å². The highest BCUT2D eigenvalue weighted by Crippen LogP contribution is 2.40. The summed E-state index contributed by atoms with van der Waals surface area (Å²) in [4.78, 5) is 47.3. The highest BCUT2D eigenvalue weighted by Gasteiger charge is 2.53. The van der Waals surface area contributed by atoms with Gasteiger partial charge in [0.05, 0.1) is 24.3 Å². The maximum Gasteiger partial charge on any atom is 0.240 e. The molecule has 2 fully saturated rings. The van der Waals surface area contributed by atoms with Gasteiger partial charge in [0, 0.05) is 45.3 Å². The topological polar surface area (TPSA) is 89.0 Å². The highest BCUT2D eigenvalue weighted by atomic mass is 16.5. The molecule has 1 aromatic carbocycles. The molecule has 0 N–H and O–H groups in total. The lowest BCUT2D eigenvalue weighted by atomic mass is 9.75. The molecule has 2 aromatic rings. The molecule has 0 radical (unpaired) electrons. The Labute approximate surface area is 206 Å². The second-order valence-corrected chi connectivity index (χ2v) is 9.11. The van der Waals surface area contributed by atoms with Crippen molar-refractivity contribution >= 4 is 17.7 Å². The number of hydrogen-bond donors (Lipinski definition) is 0. The zero-order chi connectivity index (χ0) is 24.7. The maximum absolute atomic E-state index is 13.8. The van der Waals surface area contributed by atoms with Crippen molar-refractivity contribution in [1.29, 1.82) is 0 Å². The molecule has 2 aliphatic rings. The molecule has 0 bridgehead atoms. The van der Waals surface area contributed by atoms with Crippen LogP contribution in [-0.4, -0.2) is 71.5 Å². The quantitative estimate of drug-likeness (QED) is 0.364. The first-order valence-electron chi connectivity index (χ1n) is 12.4.